The molecule has 2 fully saturated rings. The third-order valence-corrected chi connectivity index (χ3v) is 6.14. The lowest BCUT2D eigenvalue weighted by Gasteiger charge is -2.26. The molecule has 0 saturated carbocycles. The van der Waals surface area contributed by atoms with Gasteiger partial charge in [-0.1, -0.05) is 25.1 Å². The van der Waals surface area contributed by atoms with Crippen LogP contribution in [0.1, 0.15) is 42.6 Å². The second kappa shape index (κ2) is 17.0. The molecule has 2 aromatic heterocycles. The zero-order chi connectivity index (χ0) is 28.6. The van der Waals surface area contributed by atoms with Crippen LogP contribution in [0.15, 0.2) is 42.7 Å². The molecular weight excluding hydrogens is 500 g/mol. The number of piperidine rings is 1. The van der Waals surface area contributed by atoms with Crippen molar-refractivity contribution in [2.24, 2.45) is 11.7 Å². The van der Waals surface area contributed by atoms with E-state index in [0.29, 0.717) is 12.3 Å². The minimum atomic E-state index is -0.807. The summed E-state index contributed by atoms with van der Waals surface area (Å²) in [6, 6.07) is 9.99. The van der Waals surface area contributed by atoms with Crippen molar-refractivity contribution in [1.29, 1.82) is 0 Å². The topological polar surface area (TPSA) is 142 Å². The van der Waals surface area contributed by atoms with E-state index in [1.165, 1.54) is 57.7 Å². The van der Waals surface area contributed by atoms with Crippen molar-refractivity contribution >= 4 is 35.1 Å². The molecule has 11 heteroatoms. The third kappa shape index (κ3) is 10.2. The average Bonchev–Trinajstić information content (AvgIpc) is 3.65. The highest BCUT2D eigenvalue weighted by molar-refractivity contribution is 6.29. The zero-order valence-corrected chi connectivity index (χ0v) is 23.2. The van der Waals surface area contributed by atoms with Crippen LogP contribution in [0, 0.1) is 5.92 Å². The Kier molecular flexibility index (Phi) is 13.8. The Morgan fingerprint density at radius 1 is 1.23 bits per heavy atom. The van der Waals surface area contributed by atoms with E-state index >= 15 is 0 Å². The van der Waals surface area contributed by atoms with Crippen LogP contribution in [-0.4, -0.2) is 85.7 Å². The first-order valence-electron chi connectivity index (χ1n) is 13.0. The normalized spacial score (nSPS) is 18.3. The van der Waals surface area contributed by atoms with Gasteiger partial charge in [-0.05, 0) is 58.0 Å². The number of amides is 1. The Bertz CT molecular complexity index is 1140. The number of nitrogens with zero attached hydrogens (tertiary/aromatic N) is 4. The zero-order valence-electron chi connectivity index (χ0n) is 23.2. The van der Waals surface area contributed by atoms with Crippen LogP contribution in [0.2, 0.25) is 0 Å². The first-order valence-corrected chi connectivity index (χ1v) is 13.0. The molecule has 5 rings (SSSR count). The molecule has 39 heavy (non-hydrogen) atoms. The molecule has 0 radical (unpaired) electrons. The van der Waals surface area contributed by atoms with Gasteiger partial charge in [0, 0.05) is 24.7 Å². The molecule has 0 bridgehead atoms. The van der Waals surface area contributed by atoms with Crippen LogP contribution in [0.25, 0.3) is 10.9 Å². The van der Waals surface area contributed by atoms with Crippen LogP contribution >= 0.6 is 0 Å². The maximum absolute atomic E-state index is 10.7. The second-order valence-electron chi connectivity index (χ2n) is 9.24. The SMILES string of the molecule is CC1CCCN(C)C1.CN.COc1ncc(NC(=O)C=O)cc1C=O.c1ccc2nn(C3CCOC3)cc2c1. The molecule has 212 valence electrons. The minimum Gasteiger partial charge on any atom is -0.480 e. The molecule has 2 aliphatic rings. The van der Waals surface area contributed by atoms with E-state index in [0.717, 1.165) is 31.1 Å². The number of carbonyl (C=O) groups is 3. The first-order chi connectivity index (χ1) is 18.9. The number of fused-ring (bicyclic) bond motifs is 1. The number of aromatic nitrogens is 3. The number of anilines is 1. The van der Waals surface area contributed by atoms with Gasteiger partial charge in [0.2, 0.25) is 12.2 Å². The summed E-state index contributed by atoms with van der Waals surface area (Å²) in [7, 11) is 5.08. The number of hydrogen-bond acceptors (Lipinski definition) is 9. The fourth-order valence-corrected chi connectivity index (χ4v) is 4.29. The number of aldehydes is 2. The Balaban J connectivity index is 0.000000207. The van der Waals surface area contributed by atoms with Gasteiger partial charge < -0.3 is 25.4 Å². The summed E-state index contributed by atoms with van der Waals surface area (Å²) in [6.45, 7) is 6.61. The van der Waals surface area contributed by atoms with Gasteiger partial charge in [-0.25, -0.2) is 4.98 Å². The van der Waals surface area contributed by atoms with Crippen LogP contribution in [-0.2, 0) is 14.3 Å². The first kappa shape index (κ1) is 31.5. The van der Waals surface area contributed by atoms with E-state index in [4.69, 9.17) is 9.47 Å². The predicted molar refractivity (Wildman–Crippen MR) is 151 cm³/mol. The number of likely N-dealkylation sites (tertiary alicyclic amines) is 1. The minimum absolute atomic E-state index is 0.130. The number of nitrogens with one attached hydrogen (secondary N) is 1. The molecule has 1 aromatic carbocycles. The summed E-state index contributed by atoms with van der Waals surface area (Å²) in [5.41, 5.74) is 6.02. The molecule has 2 unspecified atom stereocenters. The van der Waals surface area contributed by atoms with Gasteiger partial charge in [0.15, 0.2) is 6.29 Å². The van der Waals surface area contributed by atoms with Crippen molar-refractivity contribution < 1.29 is 23.9 Å². The molecule has 11 nitrogen and oxygen atoms in total. The van der Waals surface area contributed by atoms with Gasteiger partial charge >= 0.3 is 0 Å². The van der Waals surface area contributed by atoms with Crippen molar-refractivity contribution in [1.82, 2.24) is 19.7 Å². The van der Waals surface area contributed by atoms with Gasteiger partial charge in [-0.3, -0.25) is 19.1 Å². The molecule has 0 spiro atoms. The monoisotopic (exact) mass is 540 g/mol. The van der Waals surface area contributed by atoms with Crippen molar-refractivity contribution in [2.75, 3.05) is 52.8 Å². The van der Waals surface area contributed by atoms with Gasteiger partial charge in [0.25, 0.3) is 5.91 Å². The number of rotatable bonds is 5. The number of benzene rings is 1. The highest BCUT2D eigenvalue weighted by Gasteiger charge is 2.18. The van der Waals surface area contributed by atoms with Crippen LogP contribution in [0.5, 0.6) is 5.88 Å². The van der Waals surface area contributed by atoms with Crippen molar-refractivity contribution in [2.45, 2.75) is 32.2 Å². The summed E-state index contributed by atoms with van der Waals surface area (Å²) < 4.78 is 12.2. The van der Waals surface area contributed by atoms with Crippen LogP contribution in [0.3, 0.4) is 0 Å². The predicted octanol–water partition coefficient (Wildman–Crippen LogP) is 2.96. The Morgan fingerprint density at radius 2 is 2.00 bits per heavy atom. The van der Waals surface area contributed by atoms with E-state index < -0.39 is 5.91 Å². The molecule has 0 aliphatic carbocycles. The number of nitrogens with two attached hydrogens (primary N) is 1. The second-order valence-corrected chi connectivity index (χ2v) is 9.24. The number of carbonyl (C=O) groups excluding carboxylic acids is 3. The van der Waals surface area contributed by atoms with E-state index in [-0.39, 0.29) is 23.4 Å². The lowest BCUT2D eigenvalue weighted by atomic mass is 10.0. The van der Waals surface area contributed by atoms with E-state index in [9.17, 15) is 14.4 Å². The van der Waals surface area contributed by atoms with Crippen molar-refractivity contribution in [3.05, 3.63) is 48.3 Å². The fraction of sp³-hybridized carbons (Fsp3) is 0.464. The summed E-state index contributed by atoms with van der Waals surface area (Å²) in [6.07, 6.45) is 7.98. The Labute approximate surface area is 229 Å². The number of methoxy groups -OCH3 is 1. The van der Waals surface area contributed by atoms with Crippen LogP contribution in [0.4, 0.5) is 5.69 Å². The van der Waals surface area contributed by atoms with E-state index in [1.807, 2.05) is 22.9 Å². The maximum Gasteiger partial charge on any atom is 0.288 e. The van der Waals surface area contributed by atoms with Crippen molar-refractivity contribution in [3.63, 3.8) is 0 Å². The fourth-order valence-electron chi connectivity index (χ4n) is 4.29. The standard InChI is InChI=1S/C11H12N2O.C9H8N2O4.C7H15N.CH5N/c1-2-4-11-9(3-1)7-13(12-11)10-5-6-14-8-10;1-15-9-6(4-12)2-7(3-10-9)11-8(14)5-13;1-7-4-3-5-8(2)6-7;1-2/h1-4,7,10H,5-6,8H2;2-5H,1H3,(H,11,14);7H,3-6H2,1-2H3;2H2,1H3. The number of ether oxygens (including phenoxy) is 2. The average molecular weight is 541 g/mol. The molecule has 2 saturated heterocycles. The lowest BCUT2D eigenvalue weighted by Crippen LogP contribution is -2.30. The maximum atomic E-state index is 10.7. The molecular formula is C28H40N6O5. The smallest absolute Gasteiger partial charge is 0.288 e. The van der Waals surface area contributed by atoms with Crippen LogP contribution < -0.4 is 15.8 Å². The molecule has 4 heterocycles. The highest BCUT2D eigenvalue weighted by Crippen LogP contribution is 2.21. The van der Waals surface area contributed by atoms with Crippen molar-refractivity contribution in [3.8, 4) is 5.88 Å². The van der Waals surface area contributed by atoms with Gasteiger partial charge in [-0.15, -0.1) is 0 Å². The third-order valence-electron chi connectivity index (χ3n) is 6.14. The van der Waals surface area contributed by atoms with Gasteiger partial charge in [-0.2, -0.15) is 5.10 Å². The van der Waals surface area contributed by atoms with E-state index in [2.05, 4.69) is 52.3 Å². The quantitative estimate of drug-likeness (QED) is 0.369. The largest absolute Gasteiger partial charge is 0.480 e. The molecule has 3 aromatic rings. The molecule has 1 amide bonds. The van der Waals surface area contributed by atoms with E-state index in [1.54, 1.807) is 0 Å². The summed E-state index contributed by atoms with van der Waals surface area (Å²) in [4.78, 5) is 37.5. The number of pyridine rings is 1. The molecule has 2 aliphatic heterocycles. The van der Waals surface area contributed by atoms with Gasteiger partial charge in [0.05, 0.1) is 42.7 Å². The summed E-state index contributed by atoms with van der Waals surface area (Å²) in [5.74, 6) is 0.293. The number of hydrogen-bond donors (Lipinski definition) is 2. The van der Waals surface area contributed by atoms with Gasteiger partial charge in [0.1, 0.15) is 0 Å². The summed E-state index contributed by atoms with van der Waals surface area (Å²) in [5, 5.41) is 7.97. The Hall–Kier alpha value is -3.67. The summed E-state index contributed by atoms with van der Waals surface area (Å²) >= 11 is 0. The lowest BCUT2D eigenvalue weighted by molar-refractivity contribution is -0.127. The Morgan fingerprint density at radius 3 is 2.56 bits per heavy atom. The highest BCUT2D eigenvalue weighted by atomic mass is 16.5. The molecule has 3 N–H and O–H groups in total. The molecule has 2 atom stereocenters.